The number of unbranched alkanes of at least 4 members (excludes halogenated alkanes) is 1. The summed E-state index contributed by atoms with van der Waals surface area (Å²) in [5.41, 5.74) is 3.18. The molecule has 1 N–H and O–H groups in total. The lowest BCUT2D eigenvalue weighted by Gasteiger charge is -2.07. The Balaban J connectivity index is 1.97. The monoisotopic (exact) mass is 294 g/mol. The van der Waals surface area contributed by atoms with Crippen LogP contribution >= 0.6 is 0 Å². The molecule has 112 valence electrons. The summed E-state index contributed by atoms with van der Waals surface area (Å²) in [5, 5.41) is 10.7. The zero-order chi connectivity index (χ0) is 15.5. The number of hydrogen-bond donors (Lipinski definition) is 1. The highest BCUT2D eigenvalue weighted by Crippen LogP contribution is 2.29. The largest absolute Gasteiger partial charge is 0.508 e. The topological polar surface area (TPSA) is 20.2 Å². The minimum atomic E-state index is -0.307. The molecule has 0 unspecified atom stereocenters. The fourth-order valence-corrected chi connectivity index (χ4v) is 2.71. The Hall–Kier alpha value is -2.35. The van der Waals surface area contributed by atoms with E-state index in [1.807, 2.05) is 18.2 Å². The summed E-state index contributed by atoms with van der Waals surface area (Å²) in [6.45, 7) is 2.18. The number of phenolic OH excluding ortho intramolecular Hbond substituents is 1. The molecule has 0 saturated heterocycles. The molecule has 0 aliphatic rings. The van der Waals surface area contributed by atoms with E-state index in [2.05, 4.69) is 19.1 Å². The molecule has 22 heavy (non-hydrogen) atoms. The first-order chi connectivity index (χ1) is 10.7. The van der Waals surface area contributed by atoms with Crippen molar-refractivity contribution in [2.24, 2.45) is 0 Å². The summed E-state index contributed by atoms with van der Waals surface area (Å²) >= 11 is 0. The maximum absolute atomic E-state index is 14.2. The van der Waals surface area contributed by atoms with Crippen LogP contribution < -0.4 is 0 Å². The van der Waals surface area contributed by atoms with Crippen molar-refractivity contribution < 1.29 is 9.50 Å². The number of phenols is 1. The Morgan fingerprint density at radius 1 is 0.909 bits per heavy atom. The first-order valence-corrected chi connectivity index (χ1v) is 7.69. The van der Waals surface area contributed by atoms with E-state index in [0.29, 0.717) is 5.39 Å². The van der Waals surface area contributed by atoms with E-state index in [-0.39, 0.29) is 11.6 Å². The number of halogens is 1. The average molecular weight is 294 g/mol. The predicted molar refractivity (Wildman–Crippen MR) is 89.6 cm³/mol. The van der Waals surface area contributed by atoms with Crippen molar-refractivity contribution >= 4 is 10.8 Å². The van der Waals surface area contributed by atoms with E-state index in [1.165, 1.54) is 30.5 Å². The zero-order valence-electron chi connectivity index (χ0n) is 12.6. The molecular formula is C20H19FO. The van der Waals surface area contributed by atoms with Crippen LogP contribution in [0.5, 0.6) is 5.75 Å². The van der Waals surface area contributed by atoms with E-state index in [9.17, 15) is 9.50 Å². The number of benzene rings is 3. The van der Waals surface area contributed by atoms with Gasteiger partial charge >= 0.3 is 0 Å². The van der Waals surface area contributed by atoms with Crippen LogP contribution in [-0.2, 0) is 6.42 Å². The van der Waals surface area contributed by atoms with Crippen LogP contribution in [0.4, 0.5) is 4.39 Å². The Bertz CT molecular complexity index is 791. The predicted octanol–water partition coefficient (Wildman–Crippen LogP) is 5.69. The third-order valence-electron chi connectivity index (χ3n) is 3.99. The van der Waals surface area contributed by atoms with Crippen molar-refractivity contribution in [3.8, 4) is 16.9 Å². The van der Waals surface area contributed by atoms with Crippen LogP contribution in [0.1, 0.15) is 25.3 Å². The summed E-state index contributed by atoms with van der Waals surface area (Å²) in [7, 11) is 0. The van der Waals surface area contributed by atoms with Gasteiger partial charge in [-0.1, -0.05) is 43.7 Å². The van der Waals surface area contributed by atoms with Gasteiger partial charge in [-0.15, -0.1) is 0 Å². The Labute approximate surface area is 130 Å². The van der Waals surface area contributed by atoms with Crippen molar-refractivity contribution in [1.29, 1.82) is 0 Å². The summed E-state index contributed by atoms with van der Waals surface area (Å²) in [4.78, 5) is 0. The van der Waals surface area contributed by atoms with Crippen LogP contribution in [0.3, 0.4) is 0 Å². The van der Waals surface area contributed by atoms with Gasteiger partial charge in [-0.3, -0.25) is 0 Å². The maximum atomic E-state index is 14.2. The third-order valence-corrected chi connectivity index (χ3v) is 3.99. The molecule has 3 rings (SSSR count). The second-order valence-corrected chi connectivity index (χ2v) is 5.66. The van der Waals surface area contributed by atoms with Gasteiger partial charge in [-0.05, 0) is 59.2 Å². The molecule has 0 bridgehead atoms. The maximum Gasteiger partial charge on any atom is 0.131 e. The summed E-state index contributed by atoms with van der Waals surface area (Å²) in [6.07, 6.45) is 3.46. The van der Waals surface area contributed by atoms with E-state index in [1.54, 1.807) is 12.1 Å². The highest BCUT2D eigenvalue weighted by atomic mass is 19.1. The van der Waals surface area contributed by atoms with Gasteiger partial charge in [0.25, 0.3) is 0 Å². The molecule has 0 aromatic heterocycles. The Kier molecular flexibility index (Phi) is 4.10. The summed E-state index contributed by atoms with van der Waals surface area (Å²) in [6, 6.07) is 16.6. The Morgan fingerprint density at radius 3 is 2.41 bits per heavy atom. The number of fused-ring (bicyclic) bond motifs is 1. The van der Waals surface area contributed by atoms with Crippen molar-refractivity contribution in [3.63, 3.8) is 0 Å². The van der Waals surface area contributed by atoms with Crippen molar-refractivity contribution in [1.82, 2.24) is 0 Å². The number of aromatic hydroxyl groups is 1. The number of rotatable bonds is 4. The van der Waals surface area contributed by atoms with Crippen LogP contribution in [0.15, 0.2) is 54.6 Å². The van der Waals surface area contributed by atoms with Gasteiger partial charge in [0.15, 0.2) is 0 Å². The summed E-state index contributed by atoms with van der Waals surface area (Å²) < 4.78 is 14.2. The smallest absolute Gasteiger partial charge is 0.131 e. The standard InChI is InChI=1S/C20H19FO/c1-2-3-4-14-5-7-15(8-6-14)17-11-16-9-10-18(22)13-19(16)20(21)12-17/h5-13,22H,2-4H2,1H3. The van der Waals surface area contributed by atoms with Crippen molar-refractivity contribution in [2.45, 2.75) is 26.2 Å². The fraction of sp³-hybridized carbons (Fsp3) is 0.200. The van der Waals surface area contributed by atoms with Crippen LogP contribution in [0, 0.1) is 5.82 Å². The SMILES string of the molecule is CCCCc1ccc(-c2cc(F)c3cc(O)ccc3c2)cc1. The molecule has 0 heterocycles. The lowest BCUT2D eigenvalue weighted by atomic mass is 9.98. The third kappa shape index (κ3) is 2.96. The highest BCUT2D eigenvalue weighted by molar-refractivity contribution is 5.89. The molecule has 0 saturated carbocycles. The lowest BCUT2D eigenvalue weighted by molar-refractivity contribution is 0.476. The van der Waals surface area contributed by atoms with E-state index in [0.717, 1.165) is 22.9 Å². The van der Waals surface area contributed by atoms with E-state index in [4.69, 9.17) is 0 Å². The van der Waals surface area contributed by atoms with Gasteiger partial charge in [-0.2, -0.15) is 0 Å². The van der Waals surface area contributed by atoms with Gasteiger partial charge in [0.2, 0.25) is 0 Å². The minimum Gasteiger partial charge on any atom is -0.508 e. The second-order valence-electron chi connectivity index (χ2n) is 5.66. The first-order valence-electron chi connectivity index (χ1n) is 7.69. The van der Waals surface area contributed by atoms with Crippen molar-refractivity contribution in [2.75, 3.05) is 0 Å². The quantitative estimate of drug-likeness (QED) is 0.655. The molecule has 0 spiro atoms. The Morgan fingerprint density at radius 2 is 1.68 bits per heavy atom. The highest BCUT2D eigenvalue weighted by Gasteiger charge is 2.07. The normalized spacial score (nSPS) is 11.0. The molecule has 0 amide bonds. The van der Waals surface area contributed by atoms with Crippen LogP contribution in [-0.4, -0.2) is 5.11 Å². The average Bonchev–Trinajstić information content (AvgIpc) is 2.54. The van der Waals surface area contributed by atoms with Crippen molar-refractivity contribution in [3.05, 3.63) is 66.0 Å². The van der Waals surface area contributed by atoms with Crippen LogP contribution in [0.25, 0.3) is 21.9 Å². The lowest BCUT2D eigenvalue weighted by Crippen LogP contribution is -1.87. The summed E-state index contributed by atoms with van der Waals surface area (Å²) in [5.74, 6) is -0.224. The van der Waals surface area contributed by atoms with Gasteiger partial charge < -0.3 is 5.11 Å². The van der Waals surface area contributed by atoms with E-state index >= 15 is 0 Å². The molecule has 2 heteroatoms. The molecule has 0 atom stereocenters. The fourth-order valence-electron chi connectivity index (χ4n) is 2.71. The minimum absolute atomic E-state index is 0.0828. The molecule has 0 aliphatic heterocycles. The number of hydrogen-bond acceptors (Lipinski definition) is 1. The van der Waals surface area contributed by atoms with Gasteiger partial charge in [0.05, 0.1) is 0 Å². The van der Waals surface area contributed by atoms with E-state index < -0.39 is 0 Å². The molecule has 3 aromatic rings. The van der Waals surface area contributed by atoms with Crippen LogP contribution in [0.2, 0.25) is 0 Å². The molecule has 0 fully saturated rings. The molecule has 0 aliphatic carbocycles. The number of aryl methyl sites for hydroxylation is 1. The molecule has 3 aromatic carbocycles. The molecular weight excluding hydrogens is 275 g/mol. The van der Waals surface area contributed by atoms with Gasteiger partial charge in [0.1, 0.15) is 11.6 Å². The van der Waals surface area contributed by atoms with Gasteiger partial charge in [0, 0.05) is 5.39 Å². The second kappa shape index (κ2) is 6.18. The molecule has 0 radical (unpaired) electrons. The zero-order valence-corrected chi connectivity index (χ0v) is 12.6. The first kappa shape index (κ1) is 14.6. The van der Waals surface area contributed by atoms with Gasteiger partial charge in [-0.25, -0.2) is 4.39 Å². The molecule has 1 nitrogen and oxygen atoms in total.